The van der Waals surface area contributed by atoms with Gasteiger partial charge in [0.1, 0.15) is 11.8 Å². The second kappa shape index (κ2) is 4.58. The van der Waals surface area contributed by atoms with Crippen molar-refractivity contribution < 1.29 is 4.74 Å². The first-order chi connectivity index (χ1) is 8.79. The summed E-state index contributed by atoms with van der Waals surface area (Å²) in [6.07, 6.45) is 9.24. The summed E-state index contributed by atoms with van der Waals surface area (Å²) in [6, 6.07) is 0. The van der Waals surface area contributed by atoms with E-state index in [9.17, 15) is 0 Å². The molecule has 3 rings (SSSR count). The molecule has 0 spiro atoms. The van der Waals surface area contributed by atoms with Crippen molar-refractivity contribution in [2.45, 2.75) is 12.3 Å². The molecule has 0 radical (unpaired) electrons. The summed E-state index contributed by atoms with van der Waals surface area (Å²) in [5, 5.41) is 0. The fraction of sp³-hybridized carbons (Fsp3) is 0.364. The van der Waals surface area contributed by atoms with E-state index in [1.165, 1.54) is 6.33 Å². The van der Waals surface area contributed by atoms with Crippen molar-refractivity contribution in [3.63, 3.8) is 0 Å². The lowest BCUT2D eigenvalue weighted by Crippen LogP contribution is -2.14. The van der Waals surface area contributed by atoms with E-state index in [2.05, 4.69) is 27.3 Å². The number of nitrogens with two attached hydrogens (primary N) is 1. The van der Waals surface area contributed by atoms with Crippen LogP contribution in [0.1, 0.15) is 6.23 Å². The zero-order chi connectivity index (χ0) is 12.5. The number of imidazole rings is 1. The van der Waals surface area contributed by atoms with E-state index < -0.39 is 0 Å². The van der Waals surface area contributed by atoms with Crippen molar-refractivity contribution in [1.82, 2.24) is 19.5 Å². The molecular weight excluding hydrogens is 250 g/mol. The van der Waals surface area contributed by atoms with Crippen LogP contribution in [-0.2, 0) is 4.74 Å². The minimum atomic E-state index is -0.165. The van der Waals surface area contributed by atoms with Gasteiger partial charge in [0.05, 0.1) is 12.4 Å². The van der Waals surface area contributed by atoms with Crippen LogP contribution >= 0.6 is 11.8 Å². The molecule has 0 unspecified atom stereocenters. The van der Waals surface area contributed by atoms with Gasteiger partial charge in [-0.15, -0.1) is 0 Å². The molecule has 2 N–H and O–H groups in total. The number of thioether (sulfide) groups is 1. The number of anilines is 1. The van der Waals surface area contributed by atoms with Gasteiger partial charge >= 0.3 is 0 Å². The lowest BCUT2D eigenvalue weighted by molar-refractivity contribution is 0.0320. The summed E-state index contributed by atoms with van der Waals surface area (Å²) in [5.41, 5.74) is 7.06. The number of aromatic nitrogens is 4. The molecule has 3 heterocycles. The van der Waals surface area contributed by atoms with Gasteiger partial charge in [0.25, 0.3) is 0 Å². The molecule has 0 amide bonds. The van der Waals surface area contributed by atoms with Crippen LogP contribution in [0.25, 0.3) is 11.2 Å². The van der Waals surface area contributed by atoms with Gasteiger partial charge in [-0.05, 0) is 12.3 Å². The van der Waals surface area contributed by atoms with Gasteiger partial charge in [0, 0.05) is 5.75 Å². The number of hydrogen-bond acceptors (Lipinski definition) is 6. The predicted molar refractivity (Wildman–Crippen MR) is 71.2 cm³/mol. The lowest BCUT2D eigenvalue weighted by atomic mass is 10.4. The third-order valence-electron chi connectivity index (χ3n) is 2.80. The fourth-order valence-electron chi connectivity index (χ4n) is 1.96. The normalized spacial score (nSPS) is 22.9. The molecule has 0 bridgehead atoms. The number of rotatable bonds is 3. The number of ether oxygens (including phenoxy) is 1. The Hall–Kier alpha value is -1.60. The molecule has 0 saturated carbocycles. The van der Waals surface area contributed by atoms with Crippen molar-refractivity contribution in [3.8, 4) is 0 Å². The monoisotopic (exact) mass is 263 g/mol. The van der Waals surface area contributed by atoms with Crippen LogP contribution in [0.4, 0.5) is 5.82 Å². The van der Waals surface area contributed by atoms with E-state index in [-0.39, 0.29) is 12.3 Å². The van der Waals surface area contributed by atoms with E-state index >= 15 is 0 Å². The van der Waals surface area contributed by atoms with Gasteiger partial charge in [-0.1, -0.05) is 6.08 Å². The van der Waals surface area contributed by atoms with Gasteiger partial charge in [-0.25, -0.2) is 15.0 Å². The van der Waals surface area contributed by atoms with E-state index in [4.69, 9.17) is 10.5 Å². The molecule has 0 fully saturated rings. The van der Waals surface area contributed by atoms with Crippen LogP contribution in [0.15, 0.2) is 24.8 Å². The third kappa shape index (κ3) is 1.85. The molecule has 1 aliphatic heterocycles. The Bertz CT molecular complexity index is 596. The number of nitrogen functional groups attached to an aromatic ring is 1. The smallest absolute Gasteiger partial charge is 0.167 e. The number of fused-ring (bicyclic) bond motifs is 1. The Kier molecular flexibility index (Phi) is 2.92. The van der Waals surface area contributed by atoms with E-state index in [0.29, 0.717) is 17.0 Å². The minimum Gasteiger partial charge on any atom is -0.382 e. The van der Waals surface area contributed by atoms with E-state index in [0.717, 1.165) is 5.75 Å². The molecule has 0 aliphatic carbocycles. The molecule has 2 aromatic rings. The molecular formula is C11H13N5OS. The van der Waals surface area contributed by atoms with Gasteiger partial charge in [-0.2, -0.15) is 11.8 Å². The molecule has 7 heteroatoms. The van der Waals surface area contributed by atoms with Crippen molar-refractivity contribution in [3.05, 3.63) is 24.8 Å². The Morgan fingerprint density at radius 3 is 3.11 bits per heavy atom. The Morgan fingerprint density at radius 1 is 1.39 bits per heavy atom. The quantitative estimate of drug-likeness (QED) is 0.839. The Balaban J connectivity index is 1.92. The van der Waals surface area contributed by atoms with Crippen LogP contribution in [0.3, 0.4) is 0 Å². The minimum absolute atomic E-state index is 0.140. The zero-order valence-electron chi connectivity index (χ0n) is 9.85. The van der Waals surface area contributed by atoms with Crippen molar-refractivity contribution in [1.29, 1.82) is 0 Å². The fourth-order valence-corrected chi connectivity index (χ4v) is 2.48. The number of hydrogen-bond donors (Lipinski definition) is 1. The standard InChI is InChI=1S/C11H13N5OS/c1-18-4-7-2-3-8(17-7)16-6-15-9-10(12)13-5-14-11(9)16/h2-3,5-8H,4H2,1H3,(H2,12,13,14)/t7-,8+/m0/s1. The lowest BCUT2D eigenvalue weighted by Gasteiger charge is -2.14. The molecule has 18 heavy (non-hydrogen) atoms. The van der Waals surface area contributed by atoms with Crippen LogP contribution in [0.5, 0.6) is 0 Å². The van der Waals surface area contributed by atoms with Crippen LogP contribution in [-0.4, -0.2) is 37.6 Å². The predicted octanol–water partition coefficient (Wildman–Crippen LogP) is 1.23. The van der Waals surface area contributed by atoms with Crippen molar-refractivity contribution in [2.24, 2.45) is 0 Å². The zero-order valence-corrected chi connectivity index (χ0v) is 10.7. The summed E-state index contributed by atoms with van der Waals surface area (Å²) in [7, 11) is 0. The Morgan fingerprint density at radius 2 is 2.28 bits per heavy atom. The molecule has 2 aromatic heterocycles. The third-order valence-corrected chi connectivity index (χ3v) is 3.46. The molecule has 2 atom stereocenters. The maximum Gasteiger partial charge on any atom is 0.167 e. The summed E-state index contributed by atoms with van der Waals surface area (Å²) in [4.78, 5) is 12.4. The van der Waals surface area contributed by atoms with Crippen LogP contribution in [0.2, 0.25) is 0 Å². The van der Waals surface area contributed by atoms with Gasteiger partial charge in [0.2, 0.25) is 0 Å². The maximum atomic E-state index is 5.88. The van der Waals surface area contributed by atoms with E-state index in [1.54, 1.807) is 18.1 Å². The van der Waals surface area contributed by atoms with Gasteiger partial charge in [0.15, 0.2) is 17.7 Å². The highest BCUT2D eigenvalue weighted by molar-refractivity contribution is 7.98. The SMILES string of the molecule is CSC[C@@H]1C=C[C@H](n2cnc3c(N)ncnc32)O1. The average molecular weight is 263 g/mol. The summed E-state index contributed by atoms with van der Waals surface area (Å²) in [5.74, 6) is 1.33. The summed E-state index contributed by atoms with van der Waals surface area (Å²) < 4.78 is 7.75. The van der Waals surface area contributed by atoms with Crippen molar-refractivity contribution >= 4 is 28.7 Å². The molecule has 94 valence electrons. The highest BCUT2D eigenvalue weighted by Crippen LogP contribution is 2.26. The molecule has 6 nitrogen and oxygen atoms in total. The second-order valence-corrected chi connectivity index (χ2v) is 4.90. The first kappa shape index (κ1) is 11.5. The molecule has 0 aromatic carbocycles. The van der Waals surface area contributed by atoms with E-state index in [1.807, 2.05) is 10.6 Å². The number of nitrogens with zero attached hydrogens (tertiary/aromatic N) is 4. The van der Waals surface area contributed by atoms with Crippen LogP contribution < -0.4 is 5.73 Å². The second-order valence-electron chi connectivity index (χ2n) is 3.99. The highest BCUT2D eigenvalue weighted by atomic mass is 32.2. The molecule has 1 aliphatic rings. The average Bonchev–Trinajstić information content (AvgIpc) is 2.96. The molecule has 0 saturated heterocycles. The summed E-state index contributed by atoms with van der Waals surface area (Å²) >= 11 is 1.76. The Labute approximate surface area is 108 Å². The first-order valence-electron chi connectivity index (χ1n) is 5.55. The van der Waals surface area contributed by atoms with Crippen molar-refractivity contribution in [2.75, 3.05) is 17.7 Å². The maximum absolute atomic E-state index is 5.88. The topological polar surface area (TPSA) is 78.9 Å². The van der Waals surface area contributed by atoms with Gasteiger partial charge < -0.3 is 10.5 Å². The summed E-state index contributed by atoms with van der Waals surface area (Å²) in [6.45, 7) is 0. The first-order valence-corrected chi connectivity index (χ1v) is 6.94. The van der Waals surface area contributed by atoms with Gasteiger partial charge in [-0.3, -0.25) is 4.57 Å². The largest absolute Gasteiger partial charge is 0.382 e. The highest BCUT2D eigenvalue weighted by Gasteiger charge is 2.22. The van der Waals surface area contributed by atoms with Crippen LogP contribution in [0, 0.1) is 0 Å².